The molecule has 0 aromatic heterocycles. The number of hydrogen-bond donors (Lipinski definition) is 1. The second-order valence-corrected chi connectivity index (χ2v) is 5.34. The van der Waals surface area contributed by atoms with E-state index in [4.69, 9.17) is 0 Å². The zero-order valence-corrected chi connectivity index (χ0v) is 10.4. The van der Waals surface area contributed by atoms with Gasteiger partial charge < -0.3 is 5.11 Å². The van der Waals surface area contributed by atoms with Crippen molar-refractivity contribution in [3.05, 3.63) is 35.4 Å². The van der Waals surface area contributed by atoms with Crippen LogP contribution in [0.25, 0.3) is 0 Å². The molecule has 0 fully saturated rings. The predicted molar refractivity (Wildman–Crippen MR) is 65.4 cm³/mol. The lowest BCUT2D eigenvalue weighted by molar-refractivity contribution is -0.131. The van der Waals surface area contributed by atoms with Gasteiger partial charge in [-0.05, 0) is 23.5 Å². The van der Waals surface area contributed by atoms with E-state index in [1.165, 1.54) is 0 Å². The van der Waals surface area contributed by atoms with Gasteiger partial charge in [0, 0.05) is 6.42 Å². The van der Waals surface area contributed by atoms with Crippen LogP contribution in [0.15, 0.2) is 24.3 Å². The van der Waals surface area contributed by atoms with Crippen molar-refractivity contribution in [2.24, 2.45) is 5.41 Å². The lowest BCUT2D eigenvalue weighted by Crippen LogP contribution is -2.35. The van der Waals surface area contributed by atoms with Crippen molar-refractivity contribution >= 4 is 5.78 Å². The first-order valence-electron chi connectivity index (χ1n) is 5.57. The third kappa shape index (κ3) is 3.17. The van der Waals surface area contributed by atoms with Gasteiger partial charge >= 0.3 is 0 Å². The standard InChI is InChI=1S/C14H20O2/c1-10-7-5-6-8-11(10)9-12(15)13(16)14(2,3)4/h5-8,13,16H,9H2,1-4H3. The fraction of sp³-hybridized carbons (Fsp3) is 0.500. The van der Waals surface area contributed by atoms with Crippen molar-refractivity contribution in [3.8, 4) is 0 Å². The molecule has 1 atom stereocenters. The van der Waals surface area contributed by atoms with Gasteiger partial charge in [0.1, 0.15) is 6.10 Å². The summed E-state index contributed by atoms with van der Waals surface area (Å²) >= 11 is 0. The van der Waals surface area contributed by atoms with Crippen LogP contribution in [0.3, 0.4) is 0 Å². The number of ketones is 1. The summed E-state index contributed by atoms with van der Waals surface area (Å²) in [6, 6.07) is 7.78. The van der Waals surface area contributed by atoms with E-state index in [-0.39, 0.29) is 11.2 Å². The Morgan fingerprint density at radius 1 is 1.31 bits per heavy atom. The molecule has 0 aliphatic heterocycles. The van der Waals surface area contributed by atoms with E-state index < -0.39 is 6.10 Å². The summed E-state index contributed by atoms with van der Waals surface area (Å²) in [7, 11) is 0. The first-order chi connectivity index (χ1) is 7.32. The normalized spacial score (nSPS) is 13.6. The van der Waals surface area contributed by atoms with Gasteiger partial charge in [-0.15, -0.1) is 0 Å². The average Bonchev–Trinajstić information content (AvgIpc) is 2.19. The minimum atomic E-state index is -0.896. The summed E-state index contributed by atoms with van der Waals surface area (Å²) in [4.78, 5) is 11.9. The first-order valence-corrected chi connectivity index (χ1v) is 5.57. The number of benzene rings is 1. The lowest BCUT2D eigenvalue weighted by Gasteiger charge is -2.24. The van der Waals surface area contributed by atoms with Crippen LogP contribution < -0.4 is 0 Å². The summed E-state index contributed by atoms with van der Waals surface area (Å²) in [5, 5.41) is 9.86. The Bertz CT molecular complexity index is 375. The molecule has 1 rings (SSSR count). The fourth-order valence-electron chi connectivity index (χ4n) is 1.58. The van der Waals surface area contributed by atoms with Crippen LogP contribution in [-0.2, 0) is 11.2 Å². The Morgan fingerprint density at radius 3 is 2.38 bits per heavy atom. The van der Waals surface area contributed by atoms with E-state index >= 15 is 0 Å². The average molecular weight is 220 g/mol. The predicted octanol–water partition coefficient (Wildman–Crippen LogP) is 2.51. The van der Waals surface area contributed by atoms with Gasteiger partial charge in [-0.1, -0.05) is 45.0 Å². The third-order valence-electron chi connectivity index (χ3n) is 2.75. The highest BCUT2D eigenvalue weighted by atomic mass is 16.3. The van der Waals surface area contributed by atoms with Crippen molar-refractivity contribution in [1.29, 1.82) is 0 Å². The first kappa shape index (κ1) is 12.9. The quantitative estimate of drug-likeness (QED) is 0.849. The molecule has 1 N–H and O–H groups in total. The molecule has 1 unspecified atom stereocenters. The smallest absolute Gasteiger partial charge is 0.166 e. The van der Waals surface area contributed by atoms with Crippen molar-refractivity contribution in [1.82, 2.24) is 0 Å². The van der Waals surface area contributed by atoms with Crippen LogP contribution in [-0.4, -0.2) is 17.0 Å². The van der Waals surface area contributed by atoms with E-state index in [9.17, 15) is 9.90 Å². The summed E-state index contributed by atoms with van der Waals surface area (Å²) in [6.07, 6.45) is -0.586. The highest BCUT2D eigenvalue weighted by molar-refractivity contribution is 5.85. The van der Waals surface area contributed by atoms with Crippen LogP contribution in [0.4, 0.5) is 0 Å². The molecule has 16 heavy (non-hydrogen) atoms. The number of carbonyl (C=O) groups is 1. The highest BCUT2D eigenvalue weighted by Gasteiger charge is 2.28. The number of Topliss-reactive ketones (excluding diaryl/α,β-unsaturated/α-hetero) is 1. The Morgan fingerprint density at radius 2 is 1.88 bits per heavy atom. The fourth-order valence-corrected chi connectivity index (χ4v) is 1.58. The molecule has 0 spiro atoms. The SMILES string of the molecule is Cc1ccccc1CC(=O)C(O)C(C)(C)C. The summed E-state index contributed by atoms with van der Waals surface area (Å²) in [6.45, 7) is 7.58. The summed E-state index contributed by atoms with van der Waals surface area (Å²) < 4.78 is 0. The van der Waals surface area contributed by atoms with Gasteiger partial charge in [0.25, 0.3) is 0 Å². The molecular weight excluding hydrogens is 200 g/mol. The van der Waals surface area contributed by atoms with Gasteiger partial charge in [0.05, 0.1) is 0 Å². The maximum absolute atomic E-state index is 11.9. The van der Waals surface area contributed by atoms with Crippen LogP contribution in [0.2, 0.25) is 0 Å². The number of rotatable bonds is 3. The molecular formula is C14H20O2. The minimum Gasteiger partial charge on any atom is -0.385 e. The molecule has 0 saturated carbocycles. The van der Waals surface area contributed by atoms with E-state index in [1.807, 2.05) is 52.0 Å². The van der Waals surface area contributed by atoms with Crippen molar-refractivity contribution in [2.45, 2.75) is 40.2 Å². The molecule has 0 radical (unpaired) electrons. The van der Waals surface area contributed by atoms with Crippen LogP contribution in [0.5, 0.6) is 0 Å². The molecule has 88 valence electrons. The van der Waals surface area contributed by atoms with E-state index in [0.29, 0.717) is 6.42 Å². The number of aliphatic hydroxyl groups is 1. The van der Waals surface area contributed by atoms with Gasteiger partial charge in [-0.25, -0.2) is 0 Å². The zero-order valence-electron chi connectivity index (χ0n) is 10.4. The second-order valence-electron chi connectivity index (χ2n) is 5.34. The molecule has 0 bridgehead atoms. The van der Waals surface area contributed by atoms with E-state index in [0.717, 1.165) is 11.1 Å². The lowest BCUT2D eigenvalue weighted by atomic mass is 9.84. The molecule has 1 aromatic carbocycles. The van der Waals surface area contributed by atoms with Crippen molar-refractivity contribution in [2.75, 3.05) is 0 Å². The minimum absolute atomic E-state index is 0.109. The molecule has 2 nitrogen and oxygen atoms in total. The molecule has 0 aliphatic rings. The van der Waals surface area contributed by atoms with Crippen LogP contribution >= 0.6 is 0 Å². The number of carbonyl (C=O) groups excluding carboxylic acids is 1. The number of hydrogen-bond acceptors (Lipinski definition) is 2. The Hall–Kier alpha value is -1.15. The number of aliphatic hydroxyl groups excluding tert-OH is 1. The van der Waals surface area contributed by atoms with Gasteiger partial charge in [-0.2, -0.15) is 0 Å². The Kier molecular flexibility index (Phi) is 3.87. The van der Waals surface area contributed by atoms with Crippen molar-refractivity contribution in [3.63, 3.8) is 0 Å². The molecule has 0 saturated heterocycles. The molecule has 2 heteroatoms. The Labute approximate surface area is 97.3 Å². The summed E-state index contributed by atoms with van der Waals surface area (Å²) in [5.74, 6) is -0.109. The van der Waals surface area contributed by atoms with Gasteiger partial charge in [0.2, 0.25) is 0 Å². The molecule has 0 heterocycles. The van der Waals surface area contributed by atoms with Crippen molar-refractivity contribution < 1.29 is 9.90 Å². The van der Waals surface area contributed by atoms with E-state index in [2.05, 4.69) is 0 Å². The highest BCUT2D eigenvalue weighted by Crippen LogP contribution is 2.21. The third-order valence-corrected chi connectivity index (χ3v) is 2.75. The Balaban J connectivity index is 2.76. The van der Waals surface area contributed by atoms with Crippen LogP contribution in [0.1, 0.15) is 31.9 Å². The maximum atomic E-state index is 11.9. The molecule has 0 aliphatic carbocycles. The monoisotopic (exact) mass is 220 g/mol. The van der Waals surface area contributed by atoms with E-state index in [1.54, 1.807) is 0 Å². The molecule has 1 aromatic rings. The summed E-state index contributed by atoms with van der Waals surface area (Å²) in [5.41, 5.74) is 1.70. The zero-order chi connectivity index (χ0) is 12.3. The topological polar surface area (TPSA) is 37.3 Å². The largest absolute Gasteiger partial charge is 0.385 e. The van der Waals surface area contributed by atoms with Crippen LogP contribution in [0, 0.1) is 12.3 Å². The van der Waals surface area contributed by atoms with Gasteiger partial charge in [0.15, 0.2) is 5.78 Å². The van der Waals surface area contributed by atoms with Gasteiger partial charge in [-0.3, -0.25) is 4.79 Å². The second kappa shape index (κ2) is 4.79. The maximum Gasteiger partial charge on any atom is 0.166 e. The number of aryl methyl sites for hydroxylation is 1. The molecule has 0 amide bonds.